The van der Waals surface area contributed by atoms with Crippen LogP contribution in [0.15, 0.2) is 0 Å². The summed E-state index contributed by atoms with van der Waals surface area (Å²) in [5.74, 6) is 0.692. The molecule has 2 fully saturated rings. The van der Waals surface area contributed by atoms with Crippen LogP contribution in [0.5, 0.6) is 0 Å². The number of likely N-dealkylation sites (tertiary alicyclic amines) is 1. The number of nitrogens with one attached hydrogen (secondary N) is 1. The zero-order valence-corrected chi connectivity index (χ0v) is 12.8. The molecule has 0 aromatic rings. The first-order valence-electron chi connectivity index (χ1n) is 7.55. The lowest BCUT2D eigenvalue weighted by Crippen LogP contribution is -2.50. The molecule has 0 saturated carbocycles. The first-order chi connectivity index (χ1) is 8.86. The lowest BCUT2D eigenvalue weighted by Gasteiger charge is -2.43. The molecule has 2 unspecified atom stereocenters. The van der Waals surface area contributed by atoms with E-state index in [-0.39, 0.29) is 11.5 Å². The summed E-state index contributed by atoms with van der Waals surface area (Å²) in [7, 11) is 0. The van der Waals surface area contributed by atoms with Gasteiger partial charge in [-0.25, -0.2) is 4.79 Å². The fraction of sp³-hybridized carbons (Fsp3) is 0.933. The van der Waals surface area contributed by atoms with Gasteiger partial charge in [-0.2, -0.15) is 0 Å². The van der Waals surface area contributed by atoms with Crippen molar-refractivity contribution in [1.82, 2.24) is 10.2 Å². The van der Waals surface area contributed by atoms with Gasteiger partial charge in [0.15, 0.2) is 0 Å². The highest BCUT2D eigenvalue weighted by Gasteiger charge is 2.46. The van der Waals surface area contributed by atoms with Crippen molar-refractivity contribution in [3.05, 3.63) is 0 Å². The second-order valence-corrected chi connectivity index (χ2v) is 7.10. The van der Waals surface area contributed by atoms with E-state index in [1.54, 1.807) is 0 Å². The molecule has 1 spiro atoms. The van der Waals surface area contributed by atoms with Gasteiger partial charge in [-0.15, -0.1) is 0 Å². The molecule has 4 nitrogen and oxygen atoms in total. The molecule has 0 aliphatic carbocycles. The number of carbonyl (C=O) groups is 1. The minimum Gasteiger partial charge on any atom is -0.444 e. The average Bonchev–Trinajstić information content (AvgIpc) is 2.69. The van der Waals surface area contributed by atoms with Gasteiger partial charge in [0.25, 0.3) is 0 Å². The van der Waals surface area contributed by atoms with Crippen LogP contribution in [0.25, 0.3) is 0 Å². The molecule has 0 radical (unpaired) electrons. The van der Waals surface area contributed by atoms with Crippen molar-refractivity contribution >= 4 is 6.09 Å². The molecule has 1 N–H and O–H groups in total. The summed E-state index contributed by atoms with van der Waals surface area (Å²) in [6.07, 6.45) is 3.37. The van der Waals surface area contributed by atoms with E-state index in [2.05, 4.69) is 12.2 Å². The second-order valence-electron chi connectivity index (χ2n) is 7.10. The molecule has 2 atom stereocenters. The smallest absolute Gasteiger partial charge is 0.410 e. The standard InChI is InChI=1S/C15H28N2O2/c1-5-12-9-16-10-15(12)7-6-8-17(11-15)13(18)19-14(2,3)4/h12,16H,5-11H2,1-4H3. The molecule has 2 aliphatic rings. The van der Waals surface area contributed by atoms with Gasteiger partial charge in [-0.3, -0.25) is 0 Å². The average molecular weight is 268 g/mol. The molecule has 2 saturated heterocycles. The third kappa shape index (κ3) is 3.22. The van der Waals surface area contributed by atoms with Gasteiger partial charge in [0.05, 0.1) is 0 Å². The summed E-state index contributed by atoms with van der Waals surface area (Å²) in [6, 6.07) is 0. The van der Waals surface area contributed by atoms with Gasteiger partial charge in [0.1, 0.15) is 5.60 Å². The van der Waals surface area contributed by atoms with Crippen molar-refractivity contribution in [2.75, 3.05) is 26.2 Å². The van der Waals surface area contributed by atoms with E-state index in [1.165, 1.54) is 12.8 Å². The maximum Gasteiger partial charge on any atom is 0.410 e. The molecule has 0 aromatic carbocycles. The highest BCUT2D eigenvalue weighted by molar-refractivity contribution is 5.68. The zero-order chi connectivity index (χ0) is 14.1. The summed E-state index contributed by atoms with van der Waals surface area (Å²) < 4.78 is 5.52. The van der Waals surface area contributed by atoms with Crippen molar-refractivity contribution < 1.29 is 9.53 Å². The number of hydrogen-bond acceptors (Lipinski definition) is 3. The van der Waals surface area contributed by atoms with Crippen molar-refractivity contribution in [3.8, 4) is 0 Å². The Morgan fingerprint density at radius 3 is 2.84 bits per heavy atom. The predicted molar refractivity (Wildman–Crippen MR) is 76.1 cm³/mol. The van der Waals surface area contributed by atoms with Crippen LogP contribution in [-0.2, 0) is 4.74 Å². The normalized spacial score (nSPS) is 31.8. The van der Waals surface area contributed by atoms with E-state index in [4.69, 9.17) is 4.74 Å². The van der Waals surface area contributed by atoms with Crippen molar-refractivity contribution in [3.63, 3.8) is 0 Å². The quantitative estimate of drug-likeness (QED) is 0.795. The molecular formula is C15H28N2O2. The molecule has 110 valence electrons. The van der Waals surface area contributed by atoms with E-state index in [0.29, 0.717) is 5.92 Å². The van der Waals surface area contributed by atoms with Gasteiger partial charge in [0.2, 0.25) is 0 Å². The maximum atomic E-state index is 12.2. The molecule has 0 aromatic heterocycles. The molecular weight excluding hydrogens is 240 g/mol. The first kappa shape index (κ1) is 14.6. The third-order valence-corrected chi connectivity index (χ3v) is 4.49. The van der Waals surface area contributed by atoms with Gasteiger partial charge in [0, 0.05) is 25.0 Å². The van der Waals surface area contributed by atoms with Crippen LogP contribution in [0.1, 0.15) is 47.0 Å². The summed E-state index contributed by atoms with van der Waals surface area (Å²) in [5, 5.41) is 3.51. The van der Waals surface area contributed by atoms with E-state index >= 15 is 0 Å². The third-order valence-electron chi connectivity index (χ3n) is 4.49. The van der Waals surface area contributed by atoms with Crippen LogP contribution in [0.3, 0.4) is 0 Å². The number of nitrogens with zero attached hydrogens (tertiary/aromatic N) is 1. The largest absolute Gasteiger partial charge is 0.444 e. The second kappa shape index (κ2) is 5.31. The topological polar surface area (TPSA) is 41.6 Å². The number of amides is 1. The summed E-state index contributed by atoms with van der Waals surface area (Å²) in [6.45, 7) is 11.9. The minimum atomic E-state index is -0.403. The van der Waals surface area contributed by atoms with E-state index < -0.39 is 5.60 Å². The monoisotopic (exact) mass is 268 g/mol. The van der Waals surface area contributed by atoms with Crippen LogP contribution in [0.4, 0.5) is 4.79 Å². The Labute approximate surface area is 116 Å². The summed E-state index contributed by atoms with van der Waals surface area (Å²) in [5.41, 5.74) is -0.121. The number of piperidine rings is 1. The Morgan fingerprint density at radius 2 is 2.21 bits per heavy atom. The highest BCUT2D eigenvalue weighted by atomic mass is 16.6. The van der Waals surface area contributed by atoms with Gasteiger partial charge in [-0.05, 0) is 46.1 Å². The number of carbonyl (C=O) groups excluding carboxylic acids is 1. The van der Waals surface area contributed by atoms with Gasteiger partial charge in [-0.1, -0.05) is 13.3 Å². The van der Waals surface area contributed by atoms with Crippen LogP contribution >= 0.6 is 0 Å². The van der Waals surface area contributed by atoms with Crippen molar-refractivity contribution in [2.45, 2.75) is 52.6 Å². The van der Waals surface area contributed by atoms with Crippen molar-refractivity contribution in [2.24, 2.45) is 11.3 Å². The van der Waals surface area contributed by atoms with E-state index in [1.807, 2.05) is 25.7 Å². The van der Waals surface area contributed by atoms with Crippen LogP contribution < -0.4 is 5.32 Å². The Bertz CT molecular complexity index is 338. The SMILES string of the molecule is CCC1CNCC12CCCN(C(=O)OC(C)(C)C)C2. The molecule has 2 heterocycles. The number of ether oxygens (including phenoxy) is 1. The molecule has 2 aliphatic heterocycles. The maximum absolute atomic E-state index is 12.2. The number of rotatable bonds is 1. The van der Waals surface area contributed by atoms with Crippen LogP contribution in [0, 0.1) is 11.3 Å². The fourth-order valence-electron chi connectivity index (χ4n) is 3.55. The molecule has 19 heavy (non-hydrogen) atoms. The summed E-state index contributed by atoms with van der Waals surface area (Å²) in [4.78, 5) is 14.2. The minimum absolute atomic E-state index is 0.145. The van der Waals surface area contributed by atoms with E-state index in [9.17, 15) is 4.79 Å². The van der Waals surface area contributed by atoms with Crippen molar-refractivity contribution in [1.29, 1.82) is 0 Å². The Balaban J connectivity index is 2.03. The number of hydrogen-bond donors (Lipinski definition) is 1. The first-order valence-corrected chi connectivity index (χ1v) is 7.55. The lowest BCUT2D eigenvalue weighted by molar-refractivity contribution is -0.000555. The highest BCUT2D eigenvalue weighted by Crippen LogP contribution is 2.41. The molecule has 2 rings (SSSR count). The van der Waals surface area contributed by atoms with Gasteiger partial charge >= 0.3 is 6.09 Å². The molecule has 1 amide bonds. The van der Waals surface area contributed by atoms with Crippen LogP contribution in [0.2, 0.25) is 0 Å². The lowest BCUT2D eigenvalue weighted by atomic mass is 9.71. The zero-order valence-electron chi connectivity index (χ0n) is 12.8. The Kier molecular flexibility index (Phi) is 4.09. The van der Waals surface area contributed by atoms with Crippen LogP contribution in [-0.4, -0.2) is 42.8 Å². The Morgan fingerprint density at radius 1 is 1.47 bits per heavy atom. The van der Waals surface area contributed by atoms with E-state index in [0.717, 1.165) is 32.6 Å². The Hall–Kier alpha value is -0.770. The molecule has 0 bridgehead atoms. The summed E-state index contributed by atoms with van der Waals surface area (Å²) >= 11 is 0. The fourth-order valence-corrected chi connectivity index (χ4v) is 3.55. The van der Waals surface area contributed by atoms with Gasteiger partial charge < -0.3 is 15.0 Å². The molecule has 4 heteroatoms. The predicted octanol–water partition coefficient (Wildman–Crippen LogP) is 2.63.